The predicted molar refractivity (Wildman–Crippen MR) is 75.6 cm³/mol. The van der Waals surface area contributed by atoms with Crippen LogP contribution in [0.1, 0.15) is 37.7 Å². The van der Waals surface area contributed by atoms with Crippen molar-refractivity contribution in [1.82, 2.24) is 5.32 Å². The number of aryl methyl sites for hydroxylation is 1. The van der Waals surface area contributed by atoms with Gasteiger partial charge in [-0.25, -0.2) is 0 Å². The standard InChI is InChI=1S/C16H25NO/c18-16-11-6-10-15(16)13-17-12-5-4-9-14-7-2-1-3-8-14/h1-3,7-8,15-18H,4-6,9-13H2. The van der Waals surface area contributed by atoms with Crippen LogP contribution < -0.4 is 5.32 Å². The number of aliphatic hydroxyl groups excluding tert-OH is 1. The van der Waals surface area contributed by atoms with E-state index in [0.717, 1.165) is 19.5 Å². The Hall–Kier alpha value is -0.860. The second-order valence-electron chi connectivity index (χ2n) is 5.41. The van der Waals surface area contributed by atoms with Crippen molar-refractivity contribution in [3.8, 4) is 0 Å². The Morgan fingerprint density at radius 2 is 1.94 bits per heavy atom. The van der Waals surface area contributed by atoms with Crippen molar-refractivity contribution >= 4 is 0 Å². The summed E-state index contributed by atoms with van der Waals surface area (Å²) in [5, 5.41) is 13.2. The highest BCUT2D eigenvalue weighted by Crippen LogP contribution is 2.24. The number of aliphatic hydroxyl groups is 1. The van der Waals surface area contributed by atoms with E-state index >= 15 is 0 Å². The van der Waals surface area contributed by atoms with E-state index in [-0.39, 0.29) is 6.10 Å². The van der Waals surface area contributed by atoms with Gasteiger partial charge in [0.2, 0.25) is 0 Å². The zero-order valence-electron chi connectivity index (χ0n) is 11.1. The van der Waals surface area contributed by atoms with Crippen LogP contribution in [0.2, 0.25) is 0 Å². The van der Waals surface area contributed by atoms with Crippen LogP contribution in [0, 0.1) is 5.92 Å². The average Bonchev–Trinajstić information content (AvgIpc) is 2.81. The summed E-state index contributed by atoms with van der Waals surface area (Å²) < 4.78 is 0. The SMILES string of the molecule is OC1CCCC1CNCCCCc1ccccc1. The molecule has 2 rings (SSSR count). The first kappa shape index (κ1) is 13.6. The van der Waals surface area contributed by atoms with E-state index in [4.69, 9.17) is 0 Å². The molecule has 0 amide bonds. The normalized spacial score (nSPS) is 23.4. The molecule has 2 N–H and O–H groups in total. The summed E-state index contributed by atoms with van der Waals surface area (Å²) in [5.41, 5.74) is 1.43. The lowest BCUT2D eigenvalue weighted by Gasteiger charge is -2.14. The lowest BCUT2D eigenvalue weighted by atomic mass is 10.1. The molecule has 100 valence electrons. The van der Waals surface area contributed by atoms with Gasteiger partial charge in [-0.15, -0.1) is 0 Å². The summed E-state index contributed by atoms with van der Waals surface area (Å²) in [7, 11) is 0. The Morgan fingerprint density at radius 3 is 2.67 bits per heavy atom. The molecule has 1 fully saturated rings. The van der Waals surface area contributed by atoms with Gasteiger partial charge in [-0.1, -0.05) is 36.8 Å². The van der Waals surface area contributed by atoms with Crippen molar-refractivity contribution in [2.24, 2.45) is 5.92 Å². The van der Waals surface area contributed by atoms with Crippen molar-refractivity contribution in [1.29, 1.82) is 0 Å². The summed E-state index contributed by atoms with van der Waals surface area (Å²) in [4.78, 5) is 0. The maximum Gasteiger partial charge on any atom is 0.0580 e. The highest BCUT2D eigenvalue weighted by Gasteiger charge is 2.24. The molecule has 0 bridgehead atoms. The van der Waals surface area contributed by atoms with E-state index in [1.54, 1.807) is 0 Å². The predicted octanol–water partition coefficient (Wildman–Crippen LogP) is 2.76. The molecule has 0 aliphatic heterocycles. The molecular formula is C16H25NO. The molecule has 1 aromatic carbocycles. The summed E-state index contributed by atoms with van der Waals surface area (Å²) >= 11 is 0. The molecule has 18 heavy (non-hydrogen) atoms. The minimum atomic E-state index is -0.0539. The minimum absolute atomic E-state index is 0.0539. The number of hydrogen-bond acceptors (Lipinski definition) is 2. The van der Waals surface area contributed by atoms with Crippen molar-refractivity contribution < 1.29 is 5.11 Å². The highest BCUT2D eigenvalue weighted by molar-refractivity contribution is 5.14. The van der Waals surface area contributed by atoms with Crippen LogP contribution in [0.25, 0.3) is 0 Å². The van der Waals surface area contributed by atoms with E-state index in [1.807, 2.05) is 0 Å². The van der Waals surface area contributed by atoms with Gasteiger partial charge in [0.15, 0.2) is 0 Å². The van der Waals surface area contributed by atoms with Gasteiger partial charge >= 0.3 is 0 Å². The fraction of sp³-hybridized carbons (Fsp3) is 0.625. The molecule has 0 aromatic heterocycles. The second-order valence-corrected chi connectivity index (χ2v) is 5.41. The van der Waals surface area contributed by atoms with Gasteiger partial charge < -0.3 is 10.4 Å². The number of benzene rings is 1. The summed E-state index contributed by atoms with van der Waals surface area (Å²) in [5.74, 6) is 0.499. The molecule has 1 saturated carbocycles. The fourth-order valence-electron chi connectivity index (χ4n) is 2.77. The van der Waals surface area contributed by atoms with E-state index in [0.29, 0.717) is 5.92 Å². The lowest BCUT2D eigenvalue weighted by molar-refractivity contribution is 0.131. The molecule has 0 saturated heterocycles. The maximum absolute atomic E-state index is 9.70. The zero-order chi connectivity index (χ0) is 12.6. The minimum Gasteiger partial charge on any atom is -0.393 e. The number of unbranched alkanes of at least 4 members (excludes halogenated alkanes) is 1. The molecule has 1 aromatic rings. The van der Waals surface area contributed by atoms with Gasteiger partial charge in [0.05, 0.1) is 6.10 Å². The van der Waals surface area contributed by atoms with E-state index in [9.17, 15) is 5.11 Å². The summed E-state index contributed by atoms with van der Waals surface area (Å²) in [6.45, 7) is 2.07. The first-order valence-electron chi connectivity index (χ1n) is 7.29. The summed E-state index contributed by atoms with van der Waals surface area (Å²) in [6, 6.07) is 10.7. The van der Waals surface area contributed by atoms with Gasteiger partial charge in [-0.3, -0.25) is 0 Å². The molecule has 1 aliphatic carbocycles. The molecule has 2 nitrogen and oxygen atoms in total. The second kappa shape index (κ2) is 7.55. The van der Waals surface area contributed by atoms with Crippen LogP contribution in [-0.2, 0) is 6.42 Å². The third kappa shape index (κ3) is 4.43. The lowest BCUT2D eigenvalue weighted by Crippen LogP contribution is -2.28. The van der Waals surface area contributed by atoms with E-state index in [2.05, 4.69) is 35.6 Å². The third-order valence-corrected chi connectivity index (χ3v) is 3.94. The Labute approximate surface area is 110 Å². The van der Waals surface area contributed by atoms with Gasteiger partial charge in [0.1, 0.15) is 0 Å². The molecule has 1 aliphatic rings. The first-order chi connectivity index (χ1) is 8.86. The zero-order valence-corrected chi connectivity index (χ0v) is 11.1. The quantitative estimate of drug-likeness (QED) is 0.726. The third-order valence-electron chi connectivity index (χ3n) is 3.94. The van der Waals surface area contributed by atoms with Crippen molar-refractivity contribution in [2.75, 3.05) is 13.1 Å². The Bertz CT molecular complexity index is 325. The van der Waals surface area contributed by atoms with Crippen molar-refractivity contribution in [3.63, 3.8) is 0 Å². The Morgan fingerprint density at radius 1 is 1.11 bits per heavy atom. The van der Waals surface area contributed by atoms with Gasteiger partial charge in [-0.05, 0) is 50.1 Å². The highest BCUT2D eigenvalue weighted by atomic mass is 16.3. The topological polar surface area (TPSA) is 32.3 Å². The van der Waals surface area contributed by atoms with Crippen LogP contribution >= 0.6 is 0 Å². The monoisotopic (exact) mass is 247 g/mol. The number of nitrogens with one attached hydrogen (secondary N) is 1. The molecule has 0 radical (unpaired) electrons. The summed E-state index contributed by atoms with van der Waals surface area (Å²) in [6.07, 6.45) is 6.97. The largest absolute Gasteiger partial charge is 0.393 e. The van der Waals surface area contributed by atoms with Gasteiger partial charge in [0.25, 0.3) is 0 Å². The van der Waals surface area contributed by atoms with Crippen LogP contribution in [-0.4, -0.2) is 24.3 Å². The Balaban J connectivity index is 1.49. The van der Waals surface area contributed by atoms with E-state index in [1.165, 1.54) is 37.7 Å². The molecule has 0 heterocycles. The average molecular weight is 247 g/mol. The smallest absolute Gasteiger partial charge is 0.0580 e. The molecule has 0 spiro atoms. The van der Waals surface area contributed by atoms with Crippen LogP contribution in [0.5, 0.6) is 0 Å². The van der Waals surface area contributed by atoms with E-state index < -0.39 is 0 Å². The van der Waals surface area contributed by atoms with Crippen LogP contribution in [0.3, 0.4) is 0 Å². The molecule has 2 atom stereocenters. The van der Waals surface area contributed by atoms with Gasteiger partial charge in [-0.2, -0.15) is 0 Å². The number of hydrogen-bond donors (Lipinski definition) is 2. The van der Waals surface area contributed by atoms with Crippen LogP contribution in [0.15, 0.2) is 30.3 Å². The molecule has 2 unspecified atom stereocenters. The van der Waals surface area contributed by atoms with Gasteiger partial charge in [0, 0.05) is 6.54 Å². The fourth-order valence-corrected chi connectivity index (χ4v) is 2.77. The number of rotatable bonds is 7. The molecule has 2 heteroatoms. The van der Waals surface area contributed by atoms with Crippen LogP contribution in [0.4, 0.5) is 0 Å². The maximum atomic E-state index is 9.70. The van der Waals surface area contributed by atoms with Crippen molar-refractivity contribution in [2.45, 2.75) is 44.6 Å². The first-order valence-corrected chi connectivity index (χ1v) is 7.29. The van der Waals surface area contributed by atoms with Crippen molar-refractivity contribution in [3.05, 3.63) is 35.9 Å². The molecular weight excluding hydrogens is 222 g/mol. The Kier molecular flexibility index (Phi) is 5.69.